The Hall–Kier alpha value is -1.66. The molecule has 0 atom stereocenters. The van der Waals surface area contributed by atoms with Gasteiger partial charge in [0.15, 0.2) is 0 Å². The second kappa shape index (κ2) is 6.49. The van der Waals surface area contributed by atoms with E-state index in [2.05, 4.69) is 5.32 Å². The zero-order valence-corrected chi connectivity index (χ0v) is 10.5. The van der Waals surface area contributed by atoms with Crippen molar-refractivity contribution in [2.24, 2.45) is 0 Å². The maximum atomic E-state index is 13.0. The molecule has 1 amide bonds. The fourth-order valence-electron chi connectivity index (χ4n) is 1.85. The van der Waals surface area contributed by atoms with Gasteiger partial charge in [0.25, 0.3) is 0 Å². The molecular weight excluding hydrogens is 251 g/mol. The number of ether oxygens (including phenoxy) is 2. The molecule has 0 radical (unpaired) electrons. The third-order valence-electron chi connectivity index (χ3n) is 2.90. The maximum absolute atomic E-state index is 13.0. The van der Waals surface area contributed by atoms with Crippen LogP contribution in [0.25, 0.3) is 0 Å². The van der Waals surface area contributed by atoms with Crippen LogP contribution in [0.2, 0.25) is 0 Å². The van der Waals surface area contributed by atoms with Crippen molar-refractivity contribution in [2.75, 3.05) is 30.9 Å². The van der Waals surface area contributed by atoms with Gasteiger partial charge in [0, 0.05) is 18.9 Å². The molecular formula is C13H17FN2O3. The van der Waals surface area contributed by atoms with Crippen LogP contribution in [-0.2, 0) is 14.3 Å². The summed E-state index contributed by atoms with van der Waals surface area (Å²) in [5.74, 6) is -0.783. The van der Waals surface area contributed by atoms with Crippen molar-refractivity contribution in [2.45, 2.75) is 18.9 Å². The lowest BCUT2D eigenvalue weighted by Crippen LogP contribution is -2.28. The molecule has 2 rings (SSSR count). The summed E-state index contributed by atoms with van der Waals surface area (Å²) in [4.78, 5) is 11.6. The summed E-state index contributed by atoms with van der Waals surface area (Å²) in [6.07, 6.45) is 1.67. The molecule has 1 aromatic rings. The van der Waals surface area contributed by atoms with Crippen LogP contribution in [0, 0.1) is 5.82 Å². The van der Waals surface area contributed by atoms with Crippen LogP contribution in [0.1, 0.15) is 12.8 Å². The van der Waals surface area contributed by atoms with Crippen LogP contribution in [0.15, 0.2) is 18.2 Å². The molecule has 1 aromatic carbocycles. The third kappa shape index (κ3) is 4.18. The molecule has 0 unspecified atom stereocenters. The Balaban J connectivity index is 1.78. The Labute approximate surface area is 110 Å². The highest BCUT2D eigenvalue weighted by Crippen LogP contribution is 2.16. The summed E-state index contributed by atoms with van der Waals surface area (Å²) in [6, 6.07) is 4.05. The van der Waals surface area contributed by atoms with Gasteiger partial charge in [0.1, 0.15) is 12.4 Å². The van der Waals surface area contributed by atoms with Crippen LogP contribution >= 0.6 is 0 Å². The Bertz CT molecular complexity index is 448. The molecule has 3 N–H and O–H groups in total. The van der Waals surface area contributed by atoms with Crippen LogP contribution in [0.4, 0.5) is 15.8 Å². The van der Waals surface area contributed by atoms with Gasteiger partial charge in [-0.05, 0) is 31.0 Å². The summed E-state index contributed by atoms with van der Waals surface area (Å²) in [5.41, 5.74) is 5.88. The van der Waals surface area contributed by atoms with Crippen molar-refractivity contribution >= 4 is 17.3 Å². The quantitative estimate of drug-likeness (QED) is 0.812. The van der Waals surface area contributed by atoms with E-state index in [1.54, 1.807) is 0 Å². The molecule has 6 heteroatoms. The van der Waals surface area contributed by atoms with Crippen LogP contribution < -0.4 is 11.1 Å². The van der Waals surface area contributed by atoms with Crippen molar-refractivity contribution in [1.82, 2.24) is 0 Å². The molecule has 5 nitrogen and oxygen atoms in total. The van der Waals surface area contributed by atoms with Gasteiger partial charge in [0.2, 0.25) is 5.91 Å². The van der Waals surface area contributed by atoms with Gasteiger partial charge in [-0.3, -0.25) is 4.79 Å². The number of benzene rings is 1. The molecule has 1 aliphatic heterocycles. The maximum Gasteiger partial charge on any atom is 0.250 e. The Morgan fingerprint density at radius 3 is 2.89 bits per heavy atom. The highest BCUT2D eigenvalue weighted by Gasteiger charge is 2.15. The number of hydrogen-bond donors (Lipinski definition) is 2. The zero-order chi connectivity index (χ0) is 13.7. The number of halogens is 1. The van der Waals surface area contributed by atoms with E-state index in [-0.39, 0.29) is 24.3 Å². The van der Waals surface area contributed by atoms with Gasteiger partial charge in [-0.1, -0.05) is 0 Å². The summed E-state index contributed by atoms with van der Waals surface area (Å²) >= 11 is 0. The first kappa shape index (κ1) is 13.8. The number of nitrogens with two attached hydrogens (primary N) is 1. The average Bonchev–Trinajstić information content (AvgIpc) is 2.42. The SMILES string of the molecule is Nc1cc(NC(=O)COC2CCOCC2)ccc1F. The van der Waals surface area contributed by atoms with Gasteiger partial charge in [-0.2, -0.15) is 0 Å². The molecule has 0 bridgehead atoms. The van der Waals surface area contributed by atoms with Crippen molar-refractivity contribution in [3.63, 3.8) is 0 Å². The number of nitrogens with one attached hydrogen (secondary N) is 1. The Morgan fingerprint density at radius 1 is 1.47 bits per heavy atom. The topological polar surface area (TPSA) is 73.6 Å². The average molecular weight is 268 g/mol. The highest BCUT2D eigenvalue weighted by atomic mass is 19.1. The third-order valence-corrected chi connectivity index (χ3v) is 2.90. The minimum atomic E-state index is -0.503. The second-order valence-electron chi connectivity index (χ2n) is 4.41. The predicted octanol–water partition coefficient (Wildman–Crippen LogP) is 1.54. The van der Waals surface area contributed by atoms with Gasteiger partial charge in [-0.15, -0.1) is 0 Å². The Morgan fingerprint density at radius 2 is 2.21 bits per heavy atom. The van der Waals surface area contributed by atoms with E-state index in [4.69, 9.17) is 15.2 Å². The standard InChI is InChI=1S/C13H17FN2O3/c14-11-2-1-9(7-12(11)15)16-13(17)8-19-10-3-5-18-6-4-10/h1-2,7,10H,3-6,8,15H2,(H,16,17). The Kier molecular flexibility index (Phi) is 4.70. The van der Waals surface area contributed by atoms with Gasteiger partial charge in [0.05, 0.1) is 11.8 Å². The minimum absolute atomic E-state index is 0.00291. The first-order valence-corrected chi connectivity index (χ1v) is 6.19. The highest BCUT2D eigenvalue weighted by molar-refractivity contribution is 5.92. The normalized spacial score (nSPS) is 16.3. The number of hydrogen-bond acceptors (Lipinski definition) is 4. The lowest BCUT2D eigenvalue weighted by Gasteiger charge is -2.22. The van der Waals surface area contributed by atoms with E-state index in [1.807, 2.05) is 0 Å². The van der Waals surface area contributed by atoms with Gasteiger partial charge >= 0.3 is 0 Å². The lowest BCUT2D eigenvalue weighted by molar-refractivity contribution is -0.124. The zero-order valence-electron chi connectivity index (χ0n) is 10.5. The number of anilines is 2. The predicted molar refractivity (Wildman–Crippen MR) is 69.2 cm³/mol. The summed E-state index contributed by atoms with van der Waals surface area (Å²) in [5, 5.41) is 2.61. The van der Waals surface area contributed by atoms with E-state index >= 15 is 0 Å². The van der Waals surface area contributed by atoms with E-state index < -0.39 is 5.82 Å². The number of amides is 1. The van der Waals surface area contributed by atoms with Gasteiger partial charge in [-0.25, -0.2) is 4.39 Å². The lowest BCUT2D eigenvalue weighted by atomic mass is 10.1. The minimum Gasteiger partial charge on any atom is -0.396 e. The molecule has 1 aliphatic rings. The monoisotopic (exact) mass is 268 g/mol. The largest absolute Gasteiger partial charge is 0.396 e. The summed E-state index contributed by atoms with van der Waals surface area (Å²) in [7, 11) is 0. The first-order valence-electron chi connectivity index (χ1n) is 6.19. The van der Waals surface area contributed by atoms with Crippen molar-refractivity contribution < 1.29 is 18.7 Å². The first-order chi connectivity index (χ1) is 9.15. The number of rotatable bonds is 4. The summed E-state index contributed by atoms with van der Waals surface area (Å²) < 4.78 is 23.6. The number of carbonyl (C=O) groups is 1. The van der Waals surface area contributed by atoms with Crippen LogP contribution in [0.5, 0.6) is 0 Å². The molecule has 0 saturated carbocycles. The van der Waals surface area contributed by atoms with Crippen molar-refractivity contribution in [3.05, 3.63) is 24.0 Å². The van der Waals surface area contributed by atoms with Crippen LogP contribution in [0.3, 0.4) is 0 Å². The van der Waals surface area contributed by atoms with Gasteiger partial charge < -0.3 is 20.5 Å². The fourth-order valence-corrected chi connectivity index (χ4v) is 1.85. The van der Waals surface area contributed by atoms with E-state index in [0.717, 1.165) is 12.8 Å². The molecule has 1 fully saturated rings. The second-order valence-corrected chi connectivity index (χ2v) is 4.41. The van der Waals surface area contributed by atoms with E-state index in [0.29, 0.717) is 18.9 Å². The molecule has 1 saturated heterocycles. The fraction of sp³-hybridized carbons (Fsp3) is 0.462. The van der Waals surface area contributed by atoms with Crippen LogP contribution in [-0.4, -0.2) is 31.8 Å². The molecule has 0 aromatic heterocycles. The molecule has 0 spiro atoms. The number of nitrogen functional groups attached to an aromatic ring is 1. The van der Waals surface area contributed by atoms with Crippen molar-refractivity contribution in [1.29, 1.82) is 0 Å². The van der Waals surface area contributed by atoms with E-state index in [9.17, 15) is 9.18 Å². The number of carbonyl (C=O) groups excluding carboxylic acids is 1. The molecule has 19 heavy (non-hydrogen) atoms. The van der Waals surface area contributed by atoms with Crippen molar-refractivity contribution in [3.8, 4) is 0 Å². The molecule has 0 aliphatic carbocycles. The molecule has 104 valence electrons. The van der Waals surface area contributed by atoms with E-state index in [1.165, 1.54) is 18.2 Å². The molecule has 1 heterocycles. The summed E-state index contributed by atoms with van der Waals surface area (Å²) in [6.45, 7) is 1.31. The smallest absolute Gasteiger partial charge is 0.250 e.